The van der Waals surface area contributed by atoms with Crippen LogP contribution in [0.15, 0.2) is 5.38 Å². The molecule has 1 aromatic heterocycles. The van der Waals surface area contributed by atoms with Crippen LogP contribution >= 0.6 is 11.3 Å². The normalized spacial score (nSPS) is 13.1. The fourth-order valence-corrected chi connectivity index (χ4v) is 2.37. The van der Waals surface area contributed by atoms with Crippen LogP contribution in [-0.2, 0) is 4.79 Å². The van der Waals surface area contributed by atoms with Crippen LogP contribution in [0.2, 0.25) is 0 Å². The predicted octanol–water partition coefficient (Wildman–Crippen LogP) is 3.77. The number of hydrogen-bond donors (Lipinski definition) is 2. The Balaban J connectivity index is 2.78. The molecule has 0 saturated heterocycles. The predicted molar refractivity (Wildman–Crippen MR) is 77.9 cm³/mol. The maximum atomic E-state index is 12.0. The van der Waals surface area contributed by atoms with Gasteiger partial charge in [0, 0.05) is 6.42 Å². The Bertz CT molecular complexity index is 485. The Morgan fingerprint density at radius 2 is 2.00 bits per heavy atom. The Kier molecular flexibility index (Phi) is 4.74. The molecule has 2 N–H and O–H groups in total. The molecule has 0 aliphatic rings. The molecule has 0 spiro atoms. The van der Waals surface area contributed by atoms with Gasteiger partial charge in [-0.25, -0.2) is 4.79 Å². The van der Waals surface area contributed by atoms with Crippen LogP contribution in [0.5, 0.6) is 0 Å². The minimum absolute atomic E-state index is 0.0522. The highest BCUT2D eigenvalue weighted by atomic mass is 32.1. The highest BCUT2D eigenvalue weighted by Gasteiger charge is 2.24. The molecule has 4 nitrogen and oxygen atoms in total. The van der Waals surface area contributed by atoms with E-state index in [1.165, 1.54) is 0 Å². The van der Waals surface area contributed by atoms with Crippen molar-refractivity contribution in [2.45, 2.75) is 41.0 Å². The number of carbonyl (C=O) groups is 2. The third-order valence-corrected chi connectivity index (χ3v) is 4.49. The summed E-state index contributed by atoms with van der Waals surface area (Å²) < 4.78 is 0. The molecule has 1 atom stereocenters. The Labute approximate surface area is 117 Å². The van der Waals surface area contributed by atoms with Crippen LogP contribution in [0, 0.1) is 18.3 Å². The second kappa shape index (κ2) is 5.74. The van der Waals surface area contributed by atoms with E-state index in [4.69, 9.17) is 5.11 Å². The minimum Gasteiger partial charge on any atom is -0.477 e. The molecule has 0 aliphatic carbocycles. The number of nitrogens with one attached hydrogen (secondary N) is 1. The number of thiophene rings is 1. The number of anilines is 1. The molecular formula is C14H21NO3S. The van der Waals surface area contributed by atoms with Crippen molar-refractivity contribution in [2.75, 3.05) is 5.32 Å². The summed E-state index contributed by atoms with van der Waals surface area (Å²) in [7, 11) is 0. The van der Waals surface area contributed by atoms with Crippen LogP contribution in [-0.4, -0.2) is 17.0 Å². The van der Waals surface area contributed by atoms with Crippen molar-refractivity contribution < 1.29 is 14.7 Å². The number of aromatic carboxylic acids is 1. The summed E-state index contributed by atoms with van der Waals surface area (Å²) in [4.78, 5) is 23.2. The van der Waals surface area contributed by atoms with Crippen molar-refractivity contribution in [3.63, 3.8) is 0 Å². The van der Waals surface area contributed by atoms with E-state index in [2.05, 4.69) is 26.1 Å². The molecule has 0 radical (unpaired) electrons. The molecule has 1 rings (SSSR count). The summed E-state index contributed by atoms with van der Waals surface area (Å²) in [5, 5.41) is 13.5. The standard InChI is InChI=1S/C14H21NO3S/c1-8-7-19-12(13(17)18)11(8)15-10(16)6-9(2)14(3,4)5/h7,9H,6H2,1-5H3,(H,15,16)(H,17,18). The first kappa shape index (κ1) is 15.7. The van der Waals surface area contributed by atoms with Crippen LogP contribution in [0.1, 0.15) is 49.4 Å². The molecule has 1 unspecified atom stereocenters. The fraction of sp³-hybridized carbons (Fsp3) is 0.571. The first-order valence-corrected chi connectivity index (χ1v) is 7.12. The number of carbonyl (C=O) groups excluding carboxylic acids is 1. The number of hydrogen-bond acceptors (Lipinski definition) is 3. The Hall–Kier alpha value is -1.36. The third-order valence-electron chi connectivity index (χ3n) is 3.40. The summed E-state index contributed by atoms with van der Waals surface area (Å²) in [5.74, 6) is -0.914. The number of rotatable bonds is 4. The van der Waals surface area contributed by atoms with Gasteiger partial charge in [-0.1, -0.05) is 27.7 Å². The molecule has 1 heterocycles. The summed E-state index contributed by atoms with van der Waals surface area (Å²) in [6, 6.07) is 0. The molecule has 0 bridgehead atoms. The lowest BCUT2D eigenvalue weighted by Gasteiger charge is -2.26. The molecule has 106 valence electrons. The molecule has 0 saturated carbocycles. The first-order valence-electron chi connectivity index (χ1n) is 6.24. The van der Waals surface area contributed by atoms with E-state index < -0.39 is 5.97 Å². The van der Waals surface area contributed by atoms with Gasteiger partial charge >= 0.3 is 5.97 Å². The molecule has 19 heavy (non-hydrogen) atoms. The minimum atomic E-state index is -1.00. The zero-order chi connectivity index (χ0) is 14.8. The SMILES string of the molecule is Cc1csc(C(=O)O)c1NC(=O)CC(C)C(C)(C)C. The number of carboxylic acids is 1. The Morgan fingerprint density at radius 1 is 1.42 bits per heavy atom. The van der Waals surface area contributed by atoms with Gasteiger partial charge < -0.3 is 10.4 Å². The largest absolute Gasteiger partial charge is 0.477 e. The molecular weight excluding hydrogens is 262 g/mol. The highest BCUT2D eigenvalue weighted by molar-refractivity contribution is 7.12. The molecule has 0 fully saturated rings. The lowest BCUT2D eigenvalue weighted by Crippen LogP contribution is -2.24. The van der Waals surface area contributed by atoms with Gasteiger partial charge in [0.15, 0.2) is 0 Å². The molecule has 5 heteroatoms. The summed E-state index contributed by atoms with van der Waals surface area (Å²) in [6.07, 6.45) is 0.387. The maximum absolute atomic E-state index is 12.0. The van der Waals surface area contributed by atoms with Crippen LogP contribution in [0.3, 0.4) is 0 Å². The number of aryl methyl sites for hydroxylation is 1. The molecule has 0 aliphatic heterocycles. The van der Waals surface area contributed by atoms with Crippen molar-refractivity contribution in [1.82, 2.24) is 0 Å². The average molecular weight is 283 g/mol. The van der Waals surface area contributed by atoms with E-state index in [1.807, 2.05) is 6.92 Å². The van der Waals surface area contributed by atoms with E-state index in [0.29, 0.717) is 12.1 Å². The van der Waals surface area contributed by atoms with Gasteiger partial charge in [0.25, 0.3) is 0 Å². The van der Waals surface area contributed by atoms with Gasteiger partial charge in [0.1, 0.15) is 4.88 Å². The number of carboxylic acid groups (broad SMARTS) is 1. The van der Waals surface area contributed by atoms with Gasteiger partial charge in [-0.15, -0.1) is 11.3 Å². The second-order valence-corrected chi connectivity index (χ2v) is 6.83. The topological polar surface area (TPSA) is 66.4 Å². The lowest BCUT2D eigenvalue weighted by atomic mass is 9.80. The smallest absolute Gasteiger partial charge is 0.348 e. The van der Waals surface area contributed by atoms with Crippen molar-refractivity contribution in [1.29, 1.82) is 0 Å². The van der Waals surface area contributed by atoms with Crippen molar-refractivity contribution in [3.05, 3.63) is 15.8 Å². The van der Waals surface area contributed by atoms with Crippen molar-refractivity contribution in [2.24, 2.45) is 11.3 Å². The second-order valence-electron chi connectivity index (χ2n) is 5.95. The zero-order valence-electron chi connectivity index (χ0n) is 12.0. The summed E-state index contributed by atoms with van der Waals surface area (Å²) >= 11 is 1.14. The van der Waals surface area contributed by atoms with Gasteiger partial charge in [0.05, 0.1) is 5.69 Å². The van der Waals surface area contributed by atoms with Gasteiger partial charge in [-0.05, 0) is 29.2 Å². The Morgan fingerprint density at radius 3 is 2.47 bits per heavy atom. The quantitative estimate of drug-likeness (QED) is 0.884. The maximum Gasteiger partial charge on any atom is 0.348 e. The first-order chi connectivity index (χ1) is 8.62. The van der Waals surface area contributed by atoms with Crippen LogP contribution in [0.4, 0.5) is 5.69 Å². The molecule has 0 aromatic carbocycles. The molecule has 1 aromatic rings. The van der Waals surface area contributed by atoms with Gasteiger partial charge in [-0.2, -0.15) is 0 Å². The van der Waals surface area contributed by atoms with Gasteiger partial charge in [-0.3, -0.25) is 4.79 Å². The fourth-order valence-electron chi connectivity index (χ4n) is 1.53. The average Bonchev–Trinajstić information content (AvgIpc) is 2.59. The van der Waals surface area contributed by atoms with Crippen molar-refractivity contribution in [3.8, 4) is 0 Å². The zero-order valence-corrected chi connectivity index (χ0v) is 12.9. The van der Waals surface area contributed by atoms with Gasteiger partial charge in [0.2, 0.25) is 5.91 Å². The van der Waals surface area contributed by atoms with Crippen LogP contribution < -0.4 is 5.32 Å². The van der Waals surface area contributed by atoms with E-state index in [-0.39, 0.29) is 22.1 Å². The van der Waals surface area contributed by atoms with E-state index in [9.17, 15) is 9.59 Å². The van der Waals surface area contributed by atoms with E-state index in [1.54, 1.807) is 12.3 Å². The number of amides is 1. The molecule has 1 amide bonds. The van der Waals surface area contributed by atoms with E-state index >= 15 is 0 Å². The highest BCUT2D eigenvalue weighted by Crippen LogP contribution is 2.30. The lowest BCUT2D eigenvalue weighted by molar-refractivity contribution is -0.117. The summed E-state index contributed by atoms with van der Waals surface area (Å²) in [5.41, 5.74) is 1.28. The third kappa shape index (κ3) is 4.06. The van der Waals surface area contributed by atoms with E-state index in [0.717, 1.165) is 16.9 Å². The van der Waals surface area contributed by atoms with Crippen molar-refractivity contribution >= 4 is 28.9 Å². The monoisotopic (exact) mass is 283 g/mol. The van der Waals surface area contributed by atoms with Crippen LogP contribution in [0.25, 0.3) is 0 Å². The summed E-state index contributed by atoms with van der Waals surface area (Å²) in [6.45, 7) is 10.1.